The monoisotopic (exact) mass is 383 g/mol. The lowest BCUT2D eigenvalue weighted by atomic mass is 10.2. The van der Waals surface area contributed by atoms with Gasteiger partial charge in [-0.05, 0) is 47.9 Å². The van der Waals surface area contributed by atoms with E-state index < -0.39 is 0 Å². The highest BCUT2D eigenvalue weighted by molar-refractivity contribution is 9.10. The van der Waals surface area contributed by atoms with Crippen molar-refractivity contribution < 1.29 is 9.59 Å². The molecule has 2 rings (SSSR count). The van der Waals surface area contributed by atoms with Gasteiger partial charge in [-0.1, -0.05) is 22.0 Å². The van der Waals surface area contributed by atoms with E-state index in [1.54, 1.807) is 41.8 Å². The Labute approximate surface area is 138 Å². The molecule has 1 aromatic heterocycles. The van der Waals surface area contributed by atoms with Crippen molar-refractivity contribution in [3.05, 3.63) is 56.7 Å². The lowest BCUT2D eigenvalue weighted by Gasteiger charge is -2.10. The molecule has 5 nitrogen and oxygen atoms in total. The minimum absolute atomic E-state index is 0.0211. The Morgan fingerprint density at radius 2 is 1.76 bits per heavy atom. The maximum atomic E-state index is 11.9. The van der Waals surface area contributed by atoms with Crippen molar-refractivity contribution in [3.63, 3.8) is 0 Å². The fourth-order valence-corrected chi connectivity index (χ4v) is 2.42. The maximum Gasteiger partial charge on any atom is 0.279 e. The molecular weight excluding hydrogens is 374 g/mol. The molecule has 3 N–H and O–H groups in total. The number of carbonyl (C=O) groups excluding carboxylic acids is 2. The van der Waals surface area contributed by atoms with Crippen LogP contribution in [0, 0.1) is 0 Å². The zero-order valence-electron chi connectivity index (χ0n) is 10.6. The van der Waals surface area contributed by atoms with Gasteiger partial charge in [0.2, 0.25) is 0 Å². The number of thiophene rings is 1. The van der Waals surface area contributed by atoms with E-state index in [0.29, 0.717) is 10.4 Å². The van der Waals surface area contributed by atoms with E-state index in [9.17, 15) is 9.59 Å². The zero-order valence-corrected chi connectivity index (χ0v) is 13.8. The van der Waals surface area contributed by atoms with Crippen molar-refractivity contribution in [1.82, 2.24) is 16.2 Å². The molecule has 8 heteroatoms. The van der Waals surface area contributed by atoms with Crippen LogP contribution in [0.15, 0.2) is 46.3 Å². The number of nitrogens with one attached hydrogen (secondary N) is 3. The maximum absolute atomic E-state index is 11.9. The fourth-order valence-electron chi connectivity index (χ4n) is 1.39. The Balaban J connectivity index is 1.83. The molecule has 2 aromatic rings. The van der Waals surface area contributed by atoms with Crippen LogP contribution in [0.25, 0.3) is 0 Å². The first-order chi connectivity index (χ1) is 10.1. The van der Waals surface area contributed by atoms with Gasteiger partial charge in [0.05, 0.1) is 4.88 Å². The highest BCUT2D eigenvalue weighted by Gasteiger charge is 2.09. The van der Waals surface area contributed by atoms with Crippen LogP contribution in [-0.2, 0) is 0 Å². The van der Waals surface area contributed by atoms with Gasteiger partial charge < -0.3 is 0 Å². The molecule has 0 unspecified atom stereocenters. The quantitative estimate of drug-likeness (QED) is 0.550. The molecule has 0 saturated heterocycles. The number of hydrazine groups is 1. The summed E-state index contributed by atoms with van der Waals surface area (Å²) in [5.41, 5.74) is 5.35. The van der Waals surface area contributed by atoms with Crippen molar-refractivity contribution in [2.24, 2.45) is 0 Å². The fraction of sp³-hybridized carbons (Fsp3) is 0. The van der Waals surface area contributed by atoms with Crippen molar-refractivity contribution in [2.45, 2.75) is 0 Å². The number of carbonyl (C=O) groups is 2. The molecule has 21 heavy (non-hydrogen) atoms. The minimum Gasteiger partial charge on any atom is -0.298 e. The predicted octanol–water partition coefficient (Wildman–Crippen LogP) is 2.46. The van der Waals surface area contributed by atoms with E-state index in [2.05, 4.69) is 32.1 Å². The van der Waals surface area contributed by atoms with E-state index in [-0.39, 0.29) is 16.9 Å². The van der Waals surface area contributed by atoms with Crippen molar-refractivity contribution >= 4 is 56.4 Å². The van der Waals surface area contributed by atoms with Gasteiger partial charge >= 0.3 is 0 Å². The number of benzene rings is 1. The summed E-state index contributed by atoms with van der Waals surface area (Å²) in [6, 6.07) is 10.3. The van der Waals surface area contributed by atoms with Crippen LogP contribution in [-0.4, -0.2) is 16.9 Å². The predicted molar refractivity (Wildman–Crippen MR) is 89.1 cm³/mol. The first-order valence-corrected chi connectivity index (χ1v) is 7.85. The number of amides is 2. The van der Waals surface area contributed by atoms with Crippen LogP contribution in [0.4, 0.5) is 0 Å². The van der Waals surface area contributed by atoms with Crippen LogP contribution in [0.5, 0.6) is 0 Å². The Kier molecular flexibility index (Phi) is 5.43. The van der Waals surface area contributed by atoms with Gasteiger partial charge in [0.1, 0.15) is 0 Å². The summed E-state index contributed by atoms with van der Waals surface area (Å²) in [5.74, 6) is -0.671. The zero-order chi connectivity index (χ0) is 15.2. The molecule has 0 radical (unpaired) electrons. The number of thiocarbonyl (C=S) groups is 1. The lowest BCUT2D eigenvalue weighted by molar-refractivity contribution is 0.0938. The summed E-state index contributed by atoms with van der Waals surface area (Å²) in [6.07, 6.45) is 0. The molecule has 2 amide bonds. The van der Waals surface area contributed by atoms with Crippen LogP contribution < -0.4 is 16.2 Å². The number of hydrogen-bond acceptors (Lipinski definition) is 4. The van der Waals surface area contributed by atoms with E-state index >= 15 is 0 Å². The molecule has 108 valence electrons. The summed E-state index contributed by atoms with van der Waals surface area (Å²) >= 11 is 9.54. The van der Waals surface area contributed by atoms with Crippen molar-refractivity contribution in [3.8, 4) is 0 Å². The summed E-state index contributed by atoms with van der Waals surface area (Å²) in [5, 5.41) is 4.29. The number of halogens is 1. The Hall–Kier alpha value is -1.77. The van der Waals surface area contributed by atoms with E-state index in [1.807, 2.05) is 0 Å². The first kappa shape index (κ1) is 15.6. The van der Waals surface area contributed by atoms with Crippen molar-refractivity contribution in [1.29, 1.82) is 0 Å². The van der Waals surface area contributed by atoms with Crippen LogP contribution >= 0.6 is 39.5 Å². The third-order valence-electron chi connectivity index (χ3n) is 2.37. The highest BCUT2D eigenvalue weighted by atomic mass is 79.9. The van der Waals surface area contributed by atoms with Crippen LogP contribution in [0.2, 0.25) is 0 Å². The molecule has 0 bridgehead atoms. The largest absolute Gasteiger partial charge is 0.298 e. The second-order valence-electron chi connectivity index (χ2n) is 3.85. The third-order valence-corrected chi connectivity index (χ3v) is 3.97. The summed E-state index contributed by atoms with van der Waals surface area (Å²) in [4.78, 5) is 24.1. The highest BCUT2D eigenvalue weighted by Crippen LogP contribution is 2.10. The third kappa shape index (κ3) is 4.62. The second-order valence-corrected chi connectivity index (χ2v) is 6.12. The average Bonchev–Trinajstić information content (AvgIpc) is 2.99. The molecule has 1 heterocycles. The van der Waals surface area contributed by atoms with E-state index in [0.717, 1.165) is 4.47 Å². The molecule has 1 aromatic carbocycles. The summed E-state index contributed by atoms with van der Waals surface area (Å²) in [6.45, 7) is 0. The Bertz CT molecular complexity index is 657. The smallest absolute Gasteiger partial charge is 0.279 e. The standard InChI is InChI=1S/C13H10BrN3O2S2/c14-9-5-3-8(4-6-9)11(18)15-13(20)17-16-12(19)10-2-1-7-21-10/h1-7H,(H,16,19)(H2,15,17,18,20). The van der Waals surface area contributed by atoms with Gasteiger partial charge in [0.25, 0.3) is 11.8 Å². The van der Waals surface area contributed by atoms with Gasteiger partial charge in [0.15, 0.2) is 5.11 Å². The lowest BCUT2D eigenvalue weighted by Crippen LogP contribution is -2.48. The molecule has 0 fully saturated rings. The van der Waals surface area contributed by atoms with Crippen molar-refractivity contribution in [2.75, 3.05) is 0 Å². The summed E-state index contributed by atoms with van der Waals surface area (Å²) < 4.78 is 0.878. The number of hydrogen-bond donors (Lipinski definition) is 3. The van der Waals surface area contributed by atoms with Gasteiger partial charge in [0, 0.05) is 10.0 Å². The van der Waals surface area contributed by atoms with Crippen LogP contribution in [0.3, 0.4) is 0 Å². The topological polar surface area (TPSA) is 70.2 Å². The molecule has 0 saturated carbocycles. The van der Waals surface area contributed by atoms with Gasteiger partial charge in [-0.15, -0.1) is 11.3 Å². The molecule has 0 atom stereocenters. The van der Waals surface area contributed by atoms with Gasteiger partial charge in [-0.3, -0.25) is 25.8 Å². The normalized spacial score (nSPS) is 9.76. The second kappa shape index (κ2) is 7.30. The first-order valence-electron chi connectivity index (χ1n) is 5.77. The van der Waals surface area contributed by atoms with E-state index in [1.165, 1.54) is 11.3 Å². The Morgan fingerprint density at radius 3 is 2.38 bits per heavy atom. The van der Waals surface area contributed by atoms with Gasteiger partial charge in [-0.25, -0.2) is 0 Å². The average molecular weight is 384 g/mol. The van der Waals surface area contributed by atoms with Crippen LogP contribution in [0.1, 0.15) is 20.0 Å². The molecular formula is C13H10BrN3O2S2. The Morgan fingerprint density at radius 1 is 1.05 bits per heavy atom. The van der Waals surface area contributed by atoms with E-state index in [4.69, 9.17) is 12.2 Å². The van der Waals surface area contributed by atoms with Gasteiger partial charge in [-0.2, -0.15) is 0 Å². The molecule has 0 aliphatic heterocycles. The molecule has 0 aliphatic rings. The molecule has 0 spiro atoms. The number of rotatable bonds is 2. The summed E-state index contributed by atoms with van der Waals surface area (Å²) in [7, 11) is 0. The molecule has 0 aliphatic carbocycles. The SMILES string of the molecule is O=C(NC(=S)NNC(=O)c1cccs1)c1ccc(Br)cc1. The minimum atomic E-state index is -0.356.